The van der Waals surface area contributed by atoms with Crippen LogP contribution in [0.5, 0.6) is 0 Å². The third-order valence-electron chi connectivity index (χ3n) is 2.26. The molecule has 1 aliphatic rings. The molecule has 2 amide bonds. The van der Waals surface area contributed by atoms with Gasteiger partial charge in [0, 0.05) is 10.7 Å². The first-order valence-electron chi connectivity index (χ1n) is 4.76. The number of nitrogens with zero attached hydrogens (tertiary/aromatic N) is 2. The lowest BCUT2D eigenvalue weighted by atomic mass is 10.2. The summed E-state index contributed by atoms with van der Waals surface area (Å²) in [5.74, 6) is 0.0899. The summed E-state index contributed by atoms with van der Waals surface area (Å²) in [7, 11) is 0. The highest BCUT2D eigenvalue weighted by atomic mass is 79.9. The molecule has 0 radical (unpaired) electrons. The Morgan fingerprint density at radius 1 is 1.38 bits per heavy atom. The van der Waals surface area contributed by atoms with Crippen LogP contribution in [0.4, 0.5) is 5.82 Å². The Hall–Kier alpha value is -1.43. The molecular formula is C10H10BrN3O2. The Morgan fingerprint density at radius 2 is 2.00 bits per heavy atom. The van der Waals surface area contributed by atoms with Crippen molar-refractivity contribution in [3.63, 3.8) is 0 Å². The van der Waals surface area contributed by atoms with Gasteiger partial charge in [0.15, 0.2) is 0 Å². The van der Waals surface area contributed by atoms with Gasteiger partial charge in [-0.1, -0.05) is 0 Å². The molecule has 1 fully saturated rings. The number of aryl methyl sites for hydroxylation is 1. The first-order chi connectivity index (χ1) is 7.56. The number of piperazine rings is 1. The van der Waals surface area contributed by atoms with E-state index in [0.717, 1.165) is 10.0 Å². The number of pyridine rings is 1. The number of hydrogen-bond donors (Lipinski definition) is 1. The molecule has 2 heterocycles. The van der Waals surface area contributed by atoms with Crippen LogP contribution in [-0.2, 0) is 9.59 Å². The van der Waals surface area contributed by atoms with Crippen molar-refractivity contribution in [1.29, 1.82) is 0 Å². The van der Waals surface area contributed by atoms with Gasteiger partial charge in [-0.3, -0.25) is 14.9 Å². The van der Waals surface area contributed by atoms with E-state index >= 15 is 0 Å². The summed E-state index contributed by atoms with van der Waals surface area (Å²) in [6.45, 7) is 2.23. The van der Waals surface area contributed by atoms with Crippen molar-refractivity contribution in [3.05, 3.63) is 22.3 Å². The molecule has 1 saturated heterocycles. The van der Waals surface area contributed by atoms with Gasteiger partial charge in [-0.15, -0.1) is 0 Å². The molecule has 0 aromatic carbocycles. The number of rotatable bonds is 1. The SMILES string of the molecule is Cc1cc(Br)cnc1N1CC(=O)NC(=O)C1. The van der Waals surface area contributed by atoms with Crippen LogP contribution in [0.25, 0.3) is 0 Å². The van der Waals surface area contributed by atoms with Gasteiger partial charge in [0.05, 0.1) is 13.1 Å². The largest absolute Gasteiger partial charge is 0.338 e. The molecular weight excluding hydrogens is 274 g/mol. The second-order valence-corrected chi connectivity index (χ2v) is 4.54. The smallest absolute Gasteiger partial charge is 0.246 e. The molecule has 0 bridgehead atoms. The van der Waals surface area contributed by atoms with E-state index in [0.29, 0.717) is 5.82 Å². The van der Waals surface area contributed by atoms with Gasteiger partial charge in [0.2, 0.25) is 11.8 Å². The minimum absolute atomic E-state index is 0.168. The van der Waals surface area contributed by atoms with Crippen molar-refractivity contribution >= 4 is 33.6 Å². The molecule has 0 aliphatic carbocycles. The van der Waals surface area contributed by atoms with Crippen LogP contribution >= 0.6 is 15.9 Å². The number of carbonyl (C=O) groups is 2. The third-order valence-corrected chi connectivity index (χ3v) is 2.70. The fourth-order valence-electron chi connectivity index (χ4n) is 1.65. The number of hydrogen-bond acceptors (Lipinski definition) is 4. The van der Waals surface area contributed by atoms with Crippen molar-refractivity contribution in [2.24, 2.45) is 0 Å². The summed E-state index contributed by atoms with van der Waals surface area (Å²) in [6.07, 6.45) is 1.65. The molecule has 1 aromatic rings. The Labute approximate surface area is 101 Å². The molecule has 0 spiro atoms. The molecule has 0 saturated carbocycles. The average molecular weight is 284 g/mol. The maximum absolute atomic E-state index is 11.2. The van der Waals surface area contributed by atoms with Crippen LogP contribution in [0.15, 0.2) is 16.7 Å². The highest BCUT2D eigenvalue weighted by Crippen LogP contribution is 2.20. The highest BCUT2D eigenvalue weighted by Gasteiger charge is 2.24. The van der Waals surface area contributed by atoms with Crippen molar-refractivity contribution in [2.45, 2.75) is 6.92 Å². The zero-order chi connectivity index (χ0) is 11.7. The molecule has 1 aromatic heterocycles. The predicted molar refractivity (Wildman–Crippen MR) is 62.0 cm³/mol. The van der Waals surface area contributed by atoms with E-state index in [-0.39, 0.29) is 24.9 Å². The number of anilines is 1. The van der Waals surface area contributed by atoms with Gasteiger partial charge < -0.3 is 4.90 Å². The summed E-state index contributed by atoms with van der Waals surface area (Å²) >= 11 is 3.32. The van der Waals surface area contributed by atoms with Crippen molar-refractivity contribution in [1.82, 2.24) is 10.3 Å². The van der Waals surface area contributed by atoms with Gasteiger partial charge in [-0.2, -0.15) is 0 Å². The van der Waals surface area contributed by atoms with Gasteiger partial charge in [-0.05, 0) is 34.5 Å². The predicted octanol–water partition coefficient (Wildman–Crippen LogP) is 0.615. The number of imide groups is 1. The van der Waals surface area contributed by atoms with E-state index < -0.39 is 0 Å². The number of carbonyl (C=O) groups excluding carboxylic acids is 2. The van der Waals surface area contributed by atoms with E-state index in [1.54, 1.807) is 11.1 Å². The Bertz CT molecular complexity index is 445. The minimum Gasteiger partial charge on any atom is -0.338 e. The van der Waals surface area contributed by atoms with Crippen molar-refractivity contribution < 1.29 is 9.59 Å². The Balaban J connectivity index is 2.29. The monoisotopic (exact) mass is 283 g/mol. The molecule has 6 heteroatoms. The molecule has 16 heavy (non-hydrogen) atoms. The van der Waals surface area contributed by atoms with Crippen LogP contribution in [0, 0.1) is 6.92 Å². The highest BCUT2D eigenvalue weighted by molar-refractivity contribution is 9.10. The maximum Gasteiger partial charge on any atom is 0.246 e. The van der Waals surface area contributed by atoms with Crippen LogP contribution in [-0.4, -0.2) is 29.9 Å². The quantitative estimate of drug-likeness (QED) is 0.768. The number of aromatic nitrogens is 1. The van der Waals surface area contributed by atoms with Crippen LogP contribution in [0.1, 0.15) is 5.56 Å². The molecule has 1 N–H and O–H groups in total. The zero-order valence-electron chi connectivity index (χ0n) is 8.66. The van der Waals surface area contributed by atoms with E-state index in [9.17, 15) is 9.59 Å². The summed E-state index contributed by atoms with van der Waals surface area (Å²) in [5.41, 5.74) is 0.928. The first kappa shape index (κ1) is 11.1. The van der Waals surface area contributed by atoms with Crippen molar-refractivity contribution in [3.8, 4) is 0 Å². The first-order valence-corrected chi connectivity index (χ1v) is 5.55. The van der Waals surface area contributed by atoms with Crippen LogP contribution < -0.4 is 10.2 Å². The Kier molecular flexibility index (Phi) is 2.91. The zero-order valence-corrected chi connectivity index (χ0v) is 10.2. The lowest BCUT2D eigenvalue weighted by molar-refractivity contribution is -0.130. The van der Waals surface area contributed by atoms with E-state index in [4.69, 9.17) is 0 Å². The molecule has 84 valence electrons. The summed E-state index contributed by atoms with van der Waals surface area (Å²) < 4.78 is 0.876. The van der Waals surface area contributed by atoms with Crippen LogP contribution in [0.2, 0.25) is 0 Å². The summed E-state index contributed by atoms with van der Waals surface area (Å²) in [4.78, 5) is 28.3. The average Bonchev–Trinajstić information content (AvgIpc) is 2.15. The fraction of sp³-hybridized carbons (Fsp3) is 0.300. The lowest BCUT2D eigenvalue weighted by Gasteiger charge is -2.27. The molecule has 2 rings (SSSR count). The molecule has 1 aliphatic heterocycles. The molecule has 0 unspecified atom stereocenters. The summed E-state index contributed by atoms with van der Waals surface area (Å²) in [5, 5.41) is 2.25. The Morgan fingerprint density at radius 3 is 2.56 bits per heavy atom. The fourth-order valence-corrected chi connectivity index (χ4v) is 2.10. The lowest BCUT2D eigenvalue weighted by Crippen LogP contribution is -2.51. The van der Waals surface area contributed by atoms with Gasteiger partial charge >= 0.3 is 0 Å². The second kappa shape index (κ2) is 4.21. The number of amides is 2. The third kappa shape index (κ3) is 2.21. The van der Waals surface area contributed by atoms with Gasteiger partial charge in [0.25, 0.3) is 0 Å². The van der Waals surface area contributed by atoms with Gasteiger partial charge in [-0.25, -0.2) is 4.98 Å². The minimum atomic E-state index is -0.291. The summed E-state index contributed by atoms with van der Waals surface area (Å²) in [6, 6.07) is 1.90. The molecule has 5 nitrogen and oxygen atoms in total. The number of halogens is 1. The second-order valence-electron chi connectivity index (χ2n) is 3.62. The van der Waals surface area contributed by atoms with E-state index in [1.165, 1.54) is 0 Å². The van der Waals surface area contributed by atoms with E-state index in [1.807, 2.05) is 13.0 Å². The van der Waals surface area contributed by atoms with Crippen molar-refractivity contribution in [2.75, 3.05) is 18.0 Å². The maximum atomic E-state index is 11.2. The standard InChI is InChI=1S/C10H10BrN3O2/c1-6-2-7(11)3-12-10(6)14-4-8(15)13-9(16)5-14/h2-3H,4-5H2,1H3,(H,13,15,16). The number of nitrogens with one attached hydrogen (secondary N) is 1. The van der Waals surface area contributed by atoms with Gasteiger partial charge in [0.1, 0.15) is 5.82 Å². The normalized spacial score (nSPS) is 16.2. The van der Waals surface area contributed by atoms with E-state index in [2.05, 4.69) is 26.2 Å². The van der Waals surface area contributed by atoms with Crippen LogP contribution in [0.3, 0.4) is 0 Å². The molecule has 0 atom stereocenters. The topological polar surface area (TPSA) is 62.3 Å².